The van der Waals surface area contributed by atoms with E-state index < -0.39 is 0 Å². The van der Waals surface area contributed by atoms with Gasteiger partial charge >= 0.3 is 0 Å². The number of aromatic nitrogens is 2. The molecule has 0 amide bonds. The minimum absolute atomic E-state index is 0.0886. The maximum Gasteiger partial charge on any atom is 0.203 e. The third-order valence-electron chi connectivity index (χ3n) is 3.83. The van der Waals surface area contributed by atoms with E-state index in [1.165, 1.54) is 35.5 Å². The van der Waals surface area contributed by atoms with Gasteiger partial charge in [0.2, 0.25) is 5.13 Å². The predicted molar refractivity (Wildman–Crippen MR) is 78.0 cm³/mol. The summed E-state index contributed by atoms with van der Waals surface area (Å²) in [6, 6.07) is 8.59. The molecule has 2 unspecified atom stereocenters. The molecule has 2 aliphatic carbocycles. The first-order chi connectivity index (χ1) is 9.31. The summed E-state index contributed by atoms with van der Waals surface area (Å²) < 4.78 is 4.43. The summed E-state index contributed by atoms with van der Waals surface area (Å²) in [6.45, 7) is 0. The molecule has 1 N–H and O–H groups in total. The second-order valence-electron chi connectivity index (χ2n) is 5.27. The van der Waals surface area contributed by atoms with Gasteiger partial charge in [-0.25, -0.2) is 4.98 Å². The zero-order chi connectivity index (χ0) is 12.8. The predicted octanol–water partition coefficient (Wildman–Crippen LogP) is 3.73. The zero-order valence-corrected chi connectivity index (χ0v) is 11.9. The van der Waals surface area contributed by atoms with E-state index in [0.29, 0.717) is 5.92 Å². The number of hydrogen-bond donors (Lipinski definition) is 1. The lowest BCUT2D eigenvalue weighted by molar-refractivity contribution is 0.769. The van der Waals surface area contributed by atoms with Gasteiger partial charge in [-0.3, -0.25) is 0 Å². The second kappa shape index (κ2) is 4.46. The molecule has 2 aliphatic rings. The number of benzene rings is 1. The fourth-order valence-electron chi connectivity index (χ4n) is 2.65. The number of anilines is 1. The van der Waals surface area contributed by atoms with Crippen molar-refractivity contribution in [3.05, 3.63) is 41.2 Å². The average Bonchev–Trinajstić information content (AvgIpc) is 3.09. The molecule has 2 atom stereocenters. The van der Waals surface area contributed by atoms with Crippen molar-refractivity contribution in [2.24, 2.45) is 0 Å². The summed E-state index contributed by atoms with van der Waals surface area (Å²) in [5, 5.41) is 4.45. The van der Waals surface area contributed by atoms with Crippen LogP contribution in [-0.2, 0) is 6.42 Å². The lowest BCUT2D eigenvalue weighted by Gasteiger charge is -2.16. The van der Waals surface area contributed by atoms with Crippen molar-refractivity contribution >= 4 is 28.3 Å². The van der Waals surface area contributed by atoms with Gasteiger partial charge in [0.25, 0.3) is 0 Å². The molecule has 1 saturated carbocycles. The van der Waals surface area contributed by atoms with E-state index in [1.54, 1.807) is 0 Å². The molecule has 5 heteroatoms. The lowest BCUT2D eigenvalue weighted by Crippen LogP contribution is -2.16. The minimum atomic E-state index is 0.0886. The number of nitrogens with zero attached hydrogens (tertiary/aromatic N) is 2. The van der Waals surface area contributed by atoms with Gasteiger partial charge in [0.1, 0.15) is 5.82 Å². The first kappa shape index (κ1) is 11.7. The molecule has 1 aromatic heterocycles. The molecular formula is C14H14ClN3S. The molecule has 3 nitrogen and oxygen atoms in total. The molecular weight excluding hydrogens is 278 g/mol. The maximum atomic E-state index is 6.47. The van der Waals surface area contributed by atoms with Gasteiger partial charge in [-0.15, -0.1) is 11.6 Å². The van der Waals surface area contributed by atoms with Crippen molar-refractivity contribution in [2.45, 2.75) is 36.6 Å². The molecule has 0 radical (unpaired) electrons. The van der Waals surface area contributed by atoms with Gasteiger partial charge < -0.3 is 5.32 Å². The average molecular weight is 292 g/mol. The van der Waals surface area contributed by atoms with E-state index in [9.17, 15) is 0 Å². The van der Waals surface area contributed by atoms with Crippen LogP contribution in [0, 0.1) is 0 Å². The third kappa shape index (κ3) is 2.13. The van der Waals surface area contributed by atoms with E-state index in [2.05, 4.69) is 38.9 Å². The molecule has 98 valence electrons. The van der Waals surface area contributed by atoms with Gasteiger partial charge in [0.15, 0.2) is 0 Å². The van der Waals surface area contributed by atoms with Crippen molar-refractivity contribution in [1.82, 2.24) is 9.36 Å². The van der Waals surface area contributed by atoms with E-state index in [-0.39, 0.29) is 11.4 Å². The van der Waals surface area contributed by atoms with Gasteiger partial charge in [0, 0.05) is 17.5 Å². The smallest absolute Gasteiger partial charge is 0.203 e. The topological polar surface area (TPSA) is 37.8 Å². The highest BCUT2D eigenvalue weighted by Gasteiger charge is 2.32. The molecule has 0 spiro atoms. The van der Waals surface area contributed by atoms with E-state index >= 15 is 0 Å². The summed E-state index contributed by atoms with van der Waals surface area (Å²) in [5.41, 5.74) is 2.64. The Balaban J connectivity index is 1.58. The monoisotopic (exact) mass is 291 g/mol. The van der Waals surface area contributed by atoms with Gasteiger partial charge in [-0.1, -0.05) is 24.3 Å². The van der Waals surface area contributed by atoms with Crippen molar-refractivity contribution in [3.8, 4) is 0 Å². The number of rotatable bonds is 3. The number of nitrogens with one attached hydrogen (secondary N) is 1. The van der Waals surface area contributed by atoms with Gasteiger partial charge in [-0.05, 0) is 30.4 Å². The first-order valence-electron chi connectivity index (χ1n) is 6.63. The molecule has 1 aromatic carbocycles. The van der Waals surface area contributed by atoms with Crippen LogP contribution in [0.2, 0.25) is 0 Å². The standard InChI is InChI=1S/C14H14ClN3S/c15-11-7-9-3-1-2-4-10(9)12(11)16-14-17-13(18-19-14)8-5-6-8/h1-4,8,11-12H,5-7H2,(H,16,17,18). The van der Waals surface area contributed by atoms with Crippen LogP contribution >= 0.6 is 23.1 Å². The molecule has 1 fully saturated rings. The van der Waals surface area contributed by atoms with Crippen molar-refractivity contribution < 1.29 is 0 Å². The van der Waals surface area contributed by atoms with E-state index in [0.717, 1.165) is 17.4 Å². The Kier molecular flexibility index (Phi) is 2.74. The van der Waals surface area contributed by atoms with Crippen LogP contribution in [0.4, 0.5) is 5.13 Å². The number of hydrogen-bond acceptors (Lipinski definition) is 4. The Morgan fingerprint density at radius 3 is 2.95 bits per heavy atom. The maximum absolute atomic E-state index is 6.47. The van der Waals surface area contributed by atoms with Crippen LogP contribution in [-0.4, -0.2) is 14.7 Å². The van der Waals surface area contributed by atoms with Crippen LogP contribution in [0.15, 0.2) is 24.3 Å². The molecule has 0 saturated heterocycles. The highest BCUT2D eigenvalue weighted by atomic mass is 35.5. The largest absolute Gasteiger partial charge is 0.352 e. The van der Waals surface area contributed by atoms with Crippen LogP contribution in [0.3, 0.4) is 0 Å². The molecule has 19 heavy (non-hydrogen) atoms. The van der Waals surface area contributed by atoms with Crippen LogP contribution < -0.4 is 5.32 Å². The second-order valence-corrected chi connectivity index (χ2v) is 6.59. The van der Waals surface area contributed by atoms with Gasteiger partial charge in [-0.2, -0.15) is 4.37 Å². The van der Waals surface area contributed by atoms with Gasteiger partial charge in [0.05, 0.1) is 11.4 Å². The summed E-state index contributed by atoms with van der Waals surface area (Å²) >= 11 is 7.92. The lowest BCUT2D eigenvalue weighted by atomic mass is 10.1. The molecule has 0 aliphatic heterocycles. The summed E-state index contributed by atoms with van der Waals surface area (Å²) in [6.07, 6.45) is 3.39. The number of halogens is 1. The number of fused-ring (bicyclic) bond motifs is 1. The van der Waals surface area contributed by atoms with E-state index in [4.69, 9.17) is 11.6 Å². The SMILES string of the molecule is ClC1Cc2ccccc2C1Nc1nc(C2CC2)ns1. The quantitative estimate of drug-likeness (QED) is 0.876. The Bertz CT molecular complexity index is 608. The van der Waals surface area contributed by atoms with Crippen LogP contribution in [0.1, 0.15) is 41.8 Å². The highest BCUT2D eigenvalue weighted by molar-refractivity contribution is 7.09. The Labute approximate surface area is 121 Å². The van der Waals surface area contributed by atoms with Crippen molar-refractivity contribution in [3.63, 3.8) is 0 Å². The molecule has 0 bridgehead atoms. The summed E-state index contributed by atoms with van der Waals surface area (Å²) in [4.78, 5) is 4.58. The fourth-order valence-corrected chi connectivity index (χ4v) is 3.70. The molecule has 4 rings (SSSR count). The van der Waals surface area contributed by atoms with Crippen molar-refractivity contribution in [1.29, 1.82) is 0 Å². The zero-order valence-electron chi connectivity index (χ0n) is 10.3. The van der Waals surface area contributed by atoms with Crippen LogP contribution in [0.25, 0.3) is 0 Å². The Morgan fingerprint density at radius 1 is 1.26 bits per heavy atom. The normalized spacial score (nSPS) is 25.3. The molecule has 2 aromatic rings. The third-order valence-corrected chi connectivity index (χ3v) is 4.90. The first-order valence-corrected chi connectivity index (χ1v) is 7.84. The Hall–Kier alpha value is -1.13. The molecule has 1 heterocycles. The van der Waals surface area contributed by atoms with Crippen LogP contribution in [0.5, 0.6) is 0 Å². The fraction of sp³-hybridized carbons (Fsp3) is 0.429. The Morgan fingerprint density at radius 2 is 2.11 bits per heavy atom. The number of alkyl halides is 1. The summed E-state index contributed by atoms with van der Waals surface area (Å²) in [7, 11) is 0. The van der Waals surface area contributed by atoms with E-state index in [1.807, 2.05) is 0 Å². The van der Waals surface area contributed by atoms with Crippen molar-refractivity contribution in [2.75, 3.05) is 5.32 Å². The highest BCUT2D eigenvalue weighted by Crippen LogP contribution is 2.41. The minimum Gasteiger partial charge on any atom is -0.352 e. The summed E-state index contributed by atoms with van der Waals surface area (Å²) in [5.74, 6) is 1.61.